The van der Waals surface area contributed by atoms with Crippen LogP contribution >= 0.6 is 11.6 Å². The molecule has 0 saturated carbocycles. The molecule has 3 nitrogen and oxygen atoms in total. The fourth-order valence-electron chi connectivity index (χ4n) is 5.29. The molecule has 4 heteroatoms. The maximum atomic E-state index is 6.19. The number of piperidine rings is 1. The third-order valence-electron chi connectivity index (χ3n) is 7.11. The quantitative estimate of drug-likeness (QED) is 0.512. The molecule has 0 bridgehead atoms. The zero-order valence-corrected chi connectivity index (χ0v) is 20.3. The van der Waals surface area contributed by atoms with Gasteiger partial charge in [0.25, 0.3) is 0 Å². The van der Waals surface area contributed by atoms with Gasteiger partial charge in [-0.25, -0.2) is 0 Å². The summed E-state index contributed by atoms with van der Waals surface area (Å²) in [7, 11) is 0. The average Bonchev–Trinajstić information content (AvgIpc) is 2.71. The van der Waals surface area contributed by atoms with Gasteiger partial charge in [-0.1, -0.05) is 57.0 Å². The average molecular weight is 432 g/mol. The van der Waals surface area contributed by atoms with E-state index in [4.69, 9.17) is 11.6 Å². The number of allylic oxidation sites excluding steroid dienone is 5. The van der Waals surface area contributed by atoms with Crippen molar-refractivity contribution >= 4 is 17.3 Å². The molecule has 2 aliphatic heterocycles. The van der Waals surface area contributed by atoms with E-state index in [2.05, 4.69) is 67.2 Å². The van der Waals surface area contributed by atoms with Gasteiger partial charge in [0.15, 0.2) is 0 Å². The van der Waals surface area contributed by atoms with Gasteiger partial charge < -0.3 is 10.2 Å². The van der Waals surface area contributed by atoms with Crippen LogP contribution in [0, 0.1) is 17.3 Å². The number of hydrogen-bond donors (Lipinski definition) is 1. The van der Waals surface area contributed by atoms with Crippen LogP contribution < -0.4 is 5.32 Å². The van der Waals surface area contributed by atoms with Gasteiger partial charge in [-0.3, -0.25) is 4.99 Å². The first-order valence-corrected chi connectivity index (χ1v) is 12.4. The van der Waals surface area contributed by atoms with Crippen molar-refractivity contribution in [1.29, 1.82) is 0 Å². The van der Waals surface area contributed by atoms with E-state index in [1.165, 1.54) is 38.1 Å². The minimum Gasteiger partial charge on any atom is -0.309 e. The molecule has 1 fully saturated rings. The van der Waals surface area contributed by atoms with E-state index in [1.807, 2.05) is 0 Å². The van der Waals surface area contributed by atoms with Gasteiger partial charge in [0.1, 0.15) is 0 Å². The van der Waals surface area contributed by atoms with E-state index >= 15 is 0 Å². The van der Waals surface area contributed by atoms with Crippen molar-refractivity contribution in [2.75, 3.05) is 32.7 Å². The Hall–Kier alpha value is -0.900. The second-order valence-electron chi connectivity index (χ2n) is 10.4. The summed E-state index contributed by atoms with van der Waals surface area (Å²) >= 11 is 6.19. The molecule has 3 rings (SSSR count). The van der Waals surface area contributed by atoms with E-state index in [9.17, 15) is 0 Å². The molecule has 1 N–H and O–H groups in total. The van der Waals surface area contributed by atoms with Gasteiger partial charge in [0.05, 0.1) is 0 Å². The molecule has 168 valence electrons. The molecule has 0 spiro atoms. The van der Waals surface area contributed by atoms with Crippen molar-refractivity contribution in [1.82, 2.24) is 10.2 Å². The van der Waals surface area contributed by atoms with Crippen molar-refractivity contribution in [3.05, 3.63) is 34.9 Å². The van der Waals surface area contributed by atoms with Crippen LogP contribution in [0.15, 0.2) is 39.9 Å². The molecule has 0 aromatic rings. The van der Waals surface area contributed by atoms with Gasteiger partial charge >= 0.3 is 0 Å². The lowest BCUT2D eigenvalue weighted by Crippen LogP contribution is -2.52. The van der Waals surface area contributed by atoms with Gasteiger partial charge in [-0.15, -0.1) is 0 Å². The minimum absolute atomic E-state index is 0.308. The summed E-state index contributed by atoms with van der Waals surface area (Å²) in [6, 6.07) is 0.519. The van der Waals surface area contributed by atoms with Crippen LogP contribution in [0.1, 0.15) is 66.2 Å². The van der Waals surface area contributed by atoms with Crippen LogP contribution in [0.25, 0.3) is 0 Å². The molecule has 2 heterocycles. The van der Waals surface area contributed by atoms with E-state index in [-0.39, 0.29) is 0 Å². The van der Waals surface area contributed by atoms with Crippen LogP contribution in [0.2, 0.25) is 0 Å². The molecule has 0 radical (unpaired) electrons. The van der Waals surface area contributed by atoms with Gasteiger partial charge in [-0.2, -0.15) is 0 Å². The smallest absolute Gasteiger partial charge is 0.0392 e. The predicted octanol–water partition coefficient (Wildman–Crippen LogP) is 5.97. The third-order valence-corrected chi connectivity index (χ3v) is 7.43. The molecule has 1 unspecified atom stereocenters. The summed E-state index contributed by atoms with van der Waals surface area (Å²) < 4.78 is 0. The molecule has 30 heavy (non-hydrogen) atoms. The van der Waals surface area contributed by atoms with Gasteiger partial charge in [-0.05, 0) is 74.5 Å². The second kappa shape index (κ2) is 11.1. The summed E-state index contributed by atoms with van der Waals surface area (Å²) in [5, 5.41) is 4.80. The number of halogens is 1. The van der Waals surface area contributed by atoms with Gasteiger partial charge in [0.2, 0.25) is 0 Å². The number of hydrogen-bond acceptors (Lipinski definition) is 3. The maximum absolute atomic E-state index is 6.19. The minimum atomic E-state index is 0.308. The zero-order chi connectivity index (χ0) is 21.6. The molecule has 1 aliphatic carbocycles. The van der Waals surface area contributed by atoms with E-state index in [0.29, 0.717) is 23.3 Å². The monoisotopic (exact) mass is 431 g/mol. The second-order valence-corrected chi connectivity index (χ2v) is 10.9. The molecular formula is C26H42ClN3. The highest BCUT2D eigenvalue weighted by Gasteiger charge is 2.38. The molecular weight excluding hydrogens is 390 g/mol. The topological polar surface area (TPSA) is 27.6 Å². The number of likely N-dealkylation sites (tertiary alicyclic amines) is 1. The molecule has 0 amide bonds. The Labute approximate surface area is 189 Å². The van der Waals surface area contributed by atoms with Crippen LogP contribution in [-0.2, 0) is 0 Å². The van der Waals surface area contributed by atoms with Crippen LogP contribution in [-0.4, -0.2) is 49.4 Å². The highest BCUT2D eigenvalue weighted by atomic mass is 35.5. The number of nitrogens with one attached hydrogen (secondary N) is 1. The lowest BCUT2D eigenvalue weighted by Gasteiger charge is -2.47. The highest BCUT2D eigenvalue weighted by molar-refractivity contribution is 6.29. The highest BCUT2D eigenvalue weighted by Crippen LogP contribution is 2.42. The fourth-order valence-corrected chi connectivity index (χ4v) is 5.45. The predicted molar refractivity (Wildman–Crippen MR) is 132 cm³/mol. The standard InChI is InChI=1S/C26H42ClN3/c1-20(2)25(29-16-7-9-23-8-5-6-15-28-23)18-30-17-14-24(26(3,4)19-30)21-10-12-22(27)13-11-21/h7,9-10,12,20,24-25,29H,5-6,8,11,13-19H2,1-4H3/t24?,25-/m0/s1. The van der Waals surface area contributed by atoms with Crippen LogP contribution in [0.4, 0.5) is 0 Å². The third kappa shape index (κ3) is 6.80. The first-order valence-electron chi connectivity index (χ1n) is 12.1. The number of aliphatic imine (C=N–C) groups is 1. The summed E-state index contributed by atoms with van der Waals surface area (Å²) in [6.07, 6.45) is 16.0. The first-order chi connectivity index (χ1) is 14.3. The SMILES string of the molecule is CC(C)[C@H](CN1CCC(C2=CC=C(Cl)CC2)C(C)(C)C1)NCC=CC1=NCCCC1. The molecule has 3 aliphatic rings. The van der Waals surface area contributed by atoms with E-state index in [1.54, 1.807) is 5.57 Å². The number of rotatable bonds is 8. The molecule has 0 aromatic carbocycles. The normalized spacial score (nSPS) is 26.5. The largest absolute Gasteiger partial charge is 0.309 e. The van der Waals surface area contributed by atoms with Crippen LogP contribution in [0.5, 0.6) is 0 Å². The number of nitrogens with zero attached hydrogens (tertiary/aromatic N) is 2. The Balaban J connectivity index is 1.51. The fraction of sp³-hybridized carbons (Fsp3) is 0.731. The maximum Gasteiger partial charge on any atom is 0.0392 e. The Morgan fingerprint density at radius 1 is 1.23 bits per heavy atom. The van der Waals surface area contributed by atoms with Crippen LogP contribution in [0.3, 0.4) is 0 Å². The summed E-state index contributed by atoms with van der Waals surface area (Å²) in [5.74, 6) is 1.30. The molecule has 2 atom stereocenters. The lowest BCUT2D eigenvalue weighted by molar-refractivity contribution is 0.0609. The Morgan fingerprint density at radius 3 is 2.70 bits per heavy atom. The van der Waals surface area contributed by atoms with E-state index < -0.39 is 0 Å². The van der Waals surface area contributed by atoms with Crippen molar-refractivity contribution in [3.63, 3.8) is 0 Å². The Kier molecular flexibility index (Phi) is 8.80. The Bertz CT molecular complexity index is 686. The molecule has 1 saturated heterocycles. The lowest BCUT2D eigenvalue weighted by atomic mass is 9.68. The van der Waals surface area contributed by atoms with E-state index in [0.717, 1.165) is 43.9 Å². The summed E-state index contributed by atoms with van der Waals surface area (Å²) in [5.41, 5.74) is 3.20. The zero-order valence-electron chi connectivity index (χ0n) is 19.6. The van der Waals surface area contributed by atoms with Crippen molar-refractivity contribution in [3.8, 4) is 0 Å². The summed E-state index contributed by atoms with van der Waals surface area (Å²) in [6.45, 7) is 15.0. The Morgan fingerprint density at radius 2 is 2.07 bits per heavy atom. The summed E-state index contributed by atoms with van der Waals surface area (Å²) in [4.78, 5) is 7.31. The van der Waals surface area contributed by atoms with Crippen molar-refractivity contribution < 1.29 is 0 Å². The van der Waals surface area contributed by atoms with Crippen molar-refractivity contribution in [2.24, 2.45) is 22.2 Å². The van der Waals surface area contributed by atoms with Crippen molar-refractivity contribution in [2.45, 2.75) is 72.3 Å². The first kappa shape index (κ1) is 23.8. The molecule has 0 aromatic heterocycles. The van der Waals surface area contributed by atoms with Gasteiger partial charge in [0, 0.05) is 43.0 Å².